The molecule has 1 aromatic rings. The molecule has 2 atom stereocenters. The Morgan fingerprint density at radius 2 is 2.07 bits per heavy atom. The molecule has 0 saturated carbocycles. The van der Waals surface area contributed by atoms with Crippen molar-refractivity contribution in [1.29, 1.82) is 0 Å². The molecule has 9 heteroatoms. The monoisotopic (exact) mass is 459 g/mol. The van der Waals surface area contributed by atoms with Crippen molar-refractivity contribution in [2.24, 2.45) is 5.92 Å². The van der Waals surface area contributed by atoms with Gasteiger partial charge in [-0.25, -0.2) is 12.8 Å². The Hall–Kier alpha value is -1.16. The van der Waals surface area contributed by atoms with Crippen LogP contribution in [0.1, 0.15) is 40.0 Å². The number of thioether (sulfide) groups is 1. The summed E-state index contributed by atoms with van der Waals surface area (Å²) in [5, 5.41) is 2.92. The molecule has 1 aliphatic heterocycles. The van der Waals surface area contributed by atoms with Crippen LogP contribution >= 0.6 is 11.8 Å². The molecule has 2 unspecified atom stereocenters. The molecular weight excluding hydrogens is 425 g/mol. The zero-order chi connectivity index (χ0) is 22.4. The van der Waals surface area contributed by atoms with Gasteiger partial charge >= 0.3 is 0 Å². The van der Waals surface area contributed by atoms with Crippen molar-refractivity contribution in [2.45, 2.75) is 56.5 Å². The number of hydrogen-bond acceptors (Lipinski definition) is 5. The summed E-state index contributed by atoms with van der Waals surface area (Å²) in [7, 11) is -4.15. The summed E-state index contributed by atoms with van der Waals surface area (Å²) in [6, 6.07) is 4.21. The second-order valence-electron chi connectivity index (χ2n) is 8.61. The number of sulfonamides is 1. The molecule has 1 aliphatic rings. The van der Waals surface area contributed by atoms with Crippen molar-refractivity contribution in [3.63, 3.8) is 0 Å². The molecule has 2 rings (SSSR count). The van der Waals surface area contributed by atoms with Gasteiger partial charge in [-0.3, -0.25) is 9.69 Å². The lowest BCUT2D eigenvalue weighted by Crippen LogP contribution is -2.57. The van der Waals surface area contributed by atoms with Crippen LogP contribution in [0.25, 0.3) is 0 Å². The summed E-state index contributed by atoms with van der Waals surface area (Å²) >= 11 is 1.52. The van der Waals surface area contributed by atoms with Gasteiger partial charge in [0, 0.05) is 18.6 Å². The third-order valence-corrected chi connectivity index (χ3v) is 7.71. The third kappa shape index (κ3) is 6.93. The lowest BCUT2D eigenvalue weighted by molar-refractivity contribution is -0.123. The number of carbonyl (C=O) groups excluding carboxylic acids is 1. The average Bonchev–Trinajstić information content (AvgIpc) is 2.69. The lowest BCUT2D eigenvalue weighted by Gasteiger charge is -2.43. The zero-order valence-corrected chi connectivity index (χ0v) is 19.9. The first-order chi connectivity index (χ1) is 14.1. The maximum atomic E-state index is 14.0. The molecule has 170 valence electrons. The summed E-state index contributed by atoms with van der Waals surface area (Å²) in [5.41, 5.74) is -0.237. The molecule has 1 aromatic carbocycles. The van der Waals surface area contributed by atoms with Crippen LogP contribution in [0.2, 0.25) is 0 Å². The average molecular weight is 460 g/mol. The van der Waals surface area contributed by atoms with E-state index >= 15 is 0 Å². The number of nitrogens with zero attached hydrogens (tertiary/aromatic N) is 1. The minimum atomic E-state index is -4.15. The molecule has 0 bridgehead atoms. The number of halogens is 1. The molecule has 0 radical (unpaired) electrons. The van der Waals surface area contributed by atoms with Gasteiger partial charge in [-0.2, -0.15) is 16.5 Å². The highest BCUT2D eigenvalue weighted by Crippen LogP contribution is 2.23. The van der Waals surface area contributed by atoms with Crippen LogP contribution in [0.4, 0.5) is 4.39 Å². The first kappa shape index (κ1) is 25.1. The van der Waals surface area contributed by atoms with Crippen LogP contribution in [0.15, 0.2) is 29.2 Å². The number of hydrogen-bond donors (Lipinski definition) is 2. The summed E-state index contributed by atoms with van der Waals surface area (Å²) in [6.07, 6.45) is 4.56. The van der Waals surface area contributed by atoms with Crippen LogP contribution in [-0.2, 0) is 14.8 Å². The Balaban J connectivity index is 2.07. The van der Waals surface area contributed by atoms with Crippen LogP contribution in [-0.4, -0.2) is 62.4 Å². The summed E-state index contributed by atoms with van der Waals surface area (Å²) < 4.78 is 41.7. The van der Waals surface area contributed by atoms with Gasteiger partial charge in [0.2, 0.25) is 15.9 Å². The molecule has 0 spiro atoms. The molecule has 0 aromatic heterocycles. The molecule has 1 fully saturated rings. The van der Waals surface area contributed by atoms with Gasteiger partial charge in [-0.1, -0.05) is 19.1 Å². The predicted molar refractivity (Wildman–Crippen MR) is 121 cm³/mol. The lowest BCUT2D eigenvalue weighted by atomic mass is 9.93. The SMILES string of the molecule is CSCCC(NS(=O)(=O)c1ccccc1F)C(=O)NCC(C)(C)N1CCCC(C)C1. The smallest absolute Gasteiger partial charge is 0.244 e. The van der Waals surface area contributed by atoms with E-state index in [2.05, 4.69) is 35.7 Å². The number of nitrogens with one attached hydrogen (secondary N) is 2. The number of carbonyl (C=O) groups is 1. The third-order valence-electron chi connectivity index (χ3n) is 5.56. The van der Waals surface area contributed by atoms with Crippen molar-refractivity contribution in [3.05, 3.63) is 30.1 Å². The normalized spacial score (nSPS) is 19.4. The molecule has 1 amide bonds. The highest BCUT2D eigenvalue weighted by molar-refractivity contribution is 7.98. The van der Waals surface area contributed by atoms with Crippen molar-refractivity contribution >= 4 is 27.7 Å². The van der Waals surface area contributed by atoms with Gasteiger partial charge in [0.15, 0.2) is 0 Å². The van der Waals surface area contributed by atoms with E-state index in [9.17, 15) is 17.6 Å². The first-order valence-electron chi connectivity index (χ1n) is 10.4. The Labute approximate surface area is 184 Å². The van der Waals surface area contributed by atoms with E-state index in [1.54, 1.807) is 0 Å². The fraction of sp³-hybridized carbons (Fsp3) is 0.667. The molecule has 1 saturated heterocycles. The fourth-order valence-electron chi connectivity index (χ4n) is 3.67. The molecule has 0 aliphatic carbocycles. The predicted octanol–water partition coefficient (Wildman–Crippen LogP) is 2.85. The van der Waals surface area contributed by atoms with E-state index in [-0.39, 0.29) is 11.4 Å². The molecule has 1 heterocycles. The number of amides is 1. The molecule has 2 N–H and O–H groups in total. The van der Waals surface area contributed by atoms with Crippen molar-refractivity contribution in [3.8, 4) is 0 Å². The van der Waals surface area contributed by atoms with Gasteiger partial charge < -0.3 is 5.32 Å². The van der Waals surface area contributed by atoms with E-state index in [1.807, 2.05) is 6.26 Å². The maximum Gasteiger partial charge on any atom is 0.244 e. The summed E-state index contributed by atoms with van der Waals surface area (Å²) in [5.74, 6) is -0.00244. The maximum absolute atomic E-state index is 14.0. The minimum Gasteiger partial charge on any atom is -0.353 e. The Morgan fingerprint density at radius 3 is 2.70 bits per heavy atom. The van der Waals surface area contributed by atoms with Crippen molar-refractivity contribution < 1.29 is 17.6 Å². The summed E-state index contributed by atoms with van der Waals surface area (Å²) in [4.78, 5) is 14.8. The number of rotatable bonds is 10. The quantitative estimate of drug-likeness (QED) is 0.563. The minimum absolute atomic E-state index is 0.237. The van der Waals surface area contributed by atoms with Gasteiger partial charge in [-0.15, -0.1) is 0 Å². The van der Waals surface area contributed by atoms with E-state index in [0.717, 1.165) is 25.6 Å². The van der Waals surface area contributed by atoms with E-state index in [4.69, 9.17) is 0 Å². The highest BCUT2D eigenvalue weighted by atomic mass is 32.2. The second kappa shape index (κ2) is 10.9. The van der Waals surface area contributed by atoms with E-state index in [1.165, 1.54) is 36.4 Å². The van der Waals surface area contributed by atoms with Crippen LogP contribution in [0.5, 0.6) is 0 Å². The molecule has 6 nitrogen and oxygen atoms in total. The second-order valence-corrected chi connectivity index (χ2v) is 11.3. The number of benzene rings is 1. The fourth-order valence-corrected chi connectivity index (χ4v) is 5.45. The van der Waals surface area contributed by atoms with Gasteiger partial charge in [0.05, 0.1) is 0 Å². The van der Waals surface area contributed by atoms with Gasteiger partial charge in [-0.05, 0) is 69.7 Å². The first-order valence-corrected chi connectivity index (χ1v) is 13.2. The van der Waals surface area contributed by atoms with Crippen LogP contribution < -0.4 is 10.0 Å². The van der Waals surface area contributed by atoms with Crippen LogP contribution in [0, 0.1) is 11.7 Å². The van der Waals surface area contributed by atoms with E-state index < -0.39 is 26.8 Å². The van der Waals surface area contributed by atoms with Gasteiger partial charge in [0.1, 0.15) is 16.8 Å². The Kier molecular flexibility index (Phi) is 9.14. The number of piperidine rings is 1. The Bertz CT molecular complexity index is 817. The highest BCUT2D eigenvalue weighted by Gasteiger charge is 2.32. The molecular formula is C21H34FN3O3S2. The standard InChI is InChI=1S/C21H34FN3O3S2/c1-16-8-7-12-25(14-16)21(2,3)15-23-20(26)18(11-13-29-4)24-30(27,28)19-10-6-5-9-17(19)22/h5-6,9-10,16,18,24H,7-8,11-15H2,1-4H3,(H,23,26). The Morgan fingerprint density at radius 1 is 1.37 bits per heavy atom. The zero-order valence-electron chi connectivity index (χ0n) is 18.3. The number of likely N-dealkylation sites (tertiary alicyclic amines) is 1. The van der Waals surface area contributed by atoms with Crippen molar-refractivity contribution in [2.75, 3.05) is 31.6 Å². The van der Waals surface area contributed by atoms with E-state index in [0.29, 0.717) is 24.6 Å². The largest absolute Gasteiger partial charge is 0.353 e. The molecule has 30 heavy (non-hydrogen) atoms. The summed E-state index contributed by atoms with van der Waals surface area (Å²) in [6.45, 7) is 8.80. The topological polar surface area (TPSA) is 78.5 Å². The van der Waals surface area contributed by atoms with Crippen LogP contribution in [0.3, 0.4) is 0 Å². The van der Waals surface area contributed by atoms with Gasteiger partial charge in [0.25, 0.3) is 0 Å². The van der Waals surface area contributed by atoms with Crippen molar-refractivity contribution in [1.82, 2.24) is 14.9 Å².